The standard InChI is InChI=1S/C12H14N2O/c1-9-8-12(13-14(9)10(2)15)11-6-4-3-5-7-11/h3-7,9H,8H2,1-2H3/t9-/m0/s1. The molecule has 0 aliphatic carbocycles. The van der Waals surface area contributed by atoms with Crippen molar-refractivity contribution < 1.29 is 4.79 Å². The Balaban J connectivity index is 2.27. The third-order valence-corrected chi connectivity index (χ3v) is 2.56. The lowest BCUT2D eigenvalue weighted by atomic mass is 10.1. The summed E-state index contributed by atoms with van der Waals surface area (Å²) in [6.07, 6.45) is 0.837. The molecule has 0 unspecified atom stereocenters. The zero-order valence-electron chi connectivity index (χ0n) is 8.97. The molecular formula is C12H14N2O. The van der Waals surface area contributed by atoms with E-state index in [1.165, 1.54) is 0 Å². The average molecular weight is 202 g/mol. The van der Waals surface area contributed by atoms with Gasteiger partial charge in [-0.1, -0.05) is 30.3 Å². The van der Waals surface area contributed by atoms with Gasteiger partial charge in [-0.15, -0.1) is 0 Å². The van der Waals surface area contributed by atoms with Crippen molar-refractivity contribution in [3.63, 3.8) is 0 Å². The van der Waals surface area contributed by atoms with Gasteiger partial charge in [-0.25, -0.2) is 5.01 Å². The highest BCUT2D eigenvalue weighted by molar-refractivity contribution is 6.02. The number of hydrogen-bond acceptors (Lipinski definition) is 2. The molecule has 15 heavy (non-hydrogen) atoms. The average Bonchev–Trinajstić information content (AvgIpc) is 2.62. The molecule has 78 valence electrons. The molecule has 1 atom stereocenters. The maximum Gasteiger partial charge on any atom is 0.239 e. The van der Waals surface area contributed by atoms with E-state index in [0.717, 1.165) is 17.7 Å². The van der Waals surface area contributed by atoms with E-state index in [0.29, 0.717) is 0 Å². The smallest absolute Gasteiger partial charge is 0.239 e. The van der Waals surface area contributed by atoms with Crippen LogP contribution in [0.5, 0.6) is 0 Å². The van der Waals surface area contributed by atoms with Crippen LogP contribution in [0.25, 0.3) is 0 Å². The van der Waals surface area contributed by atoms with Crippen molar-refractivity contribution in [3.05, 3.63) is 35.9 Å². The van der Waals surface area contributed by atoms with Crippen LogP contribution < -0.4 is 0 Å². The molecule has 0 aromatic heterocycles. The minimum Gasteiger partial charge on any atom is -0.273 e. The quantitative estimate of drug-likeness (QED) is 0.685. The molecule has 0 saturated heterocycles. The van der Waals surface area contributed by atoms with Crippen LogP contribution in [-0.4, -0.2) is 22.7 Å². The molecule has 1 aromatic rings. The van der Waals surface area contributed by atoms with E-state index in [-0.39, 0.29) is 11.9 Å². The molecule has 0 fully saturated rings. The molecule has 0 radical (unpaired) electrons. The van der Waals surface area contributed by atoms with Gasteiger partial charge in [-0.2, -0.15) is 5.10 Å². The molecule has 1 aromatic carbocycles. The molecule has 0 saturated carbocycles. The predicted molar refractivity (Wildman–Crippen MR) is 59.6 cm³/mol. The Morgan fingerprint density at radius 1 is 1.40 bits per heavy atom. The van der Waals surface area contributed by atoms with Gasteiger partial charge in [-0.05, 0) is 12.5 Å². The predicted octanol–water partition coefficient (Wildman–Crippen LogP) is 2.03. The van der Waals surface area contributed by atoms with Gasteiger partial charge in [0.25, 0.3) is 0 Å². The van der Waals surface area contributed by atoms with Crippen molar-refractivity contribution in [2.45, 2.75) is 26.3 Å². The van der Waals surface area contributed by atoms with Gasteiger partial charge in [0.2, 0.25) is 5.91 Å². The summed E-state index contributed by atoms with van der Waals surface area (Å²) in [7, 11) is 0. The first-order valence-corrected chi connectivity index (χ1v) is 5.11. The summed E-state index contributed by atoms with van der Waals surface area (Å²) in [6, 6.07) is 10.2. The molecule has 3 nitrogen and oxygen atoms in total. The van der Waals surface area contributed by atoms with E-state index in [2.05, 4.69) is 5.10 Å². The number of carbonyl (C=O) groups is 1. The molecule has 3 heteroatoms. The van der Waals surface area contributed by atoms with Crippen molar-refractivity contribution in [2.75, 3.05) is 0 Å². The van der Waals surface area contributed by atoms with E-state index in [1.54, 1.807) is 11.9 Å². The number of hydrogen-bond donors (Lipinski definition) is 0. The molecule has 1 heterocycles. The molecule has 2 rings (SSSR count). The first-order valence-electron chi connectivity index (χ1n) is 5.11. The lowest BCUT2D eigenvalue weighted by Crippen LogP contribution is -2.27. The topological polar surface area (TPSA) is 32.7 Å². The van der Waals surface area contributed by atoms with E-state index < -0.39 is 0 Å². The summed E-state index contributed by atoms with van der Waals surface area (Å²) in [5, 5.41) is 5.90. The summed E-state index contributed by atoms with van der Waals surface area (Å²) in [6.45, 7) is 3.56. The minimum atomic E-state index is 0.00781. The summed E-state index contributed by atoms with van der Waals surface area (Å²) in [5.74, 6) is 0.00781. The highest BCUT2D eigenvalue weighted by Crippen LogP contribution is 2.19. The van der Waals surface area contributed by atoms with Crippen molar-refractivity contribution in [2.24, 2.45) is 5.10 Å². The number of hydrazone groups is 1. The minimum absolute atomic E-state index is 0.00781. The van der Waals surface area contributed by atoms with Crippen molar-refractivity contribution in [1.82, 2.24) is 5.01 Å². The monoisotopic (exact) mass is 202 g/mol. The summed E-state index contributed by atoms with van der Waals surface area (Å²) in [5.41, 5.74) is 2.10. The first-order chi connectivity index (χ1) is 7.18. The summed E-state index contributed by atoms with van der Waals surface area (Å²) in [4.78, 5) is 11.3. The second-order valence-corrected chi connectivity index (χ2v) is 3.83. The van der Waals surface area contributed by atoms with E-state index >= 15 is 0 Å². The molecule has 1 aliphatic heterocycles. The van der Waals surface area contributed by atoms with E-state index in [4.69, 9.17) is 0 Å². The van der Waals surface area contributed by atoms with Gasteiger partial charge in [0.15, 0.2) is 0 Å². The molecule has 1 aliphatic rings. The van der Waals surface area contributed by atoms with Gasteiger partial charge in [0, 0.05) is 13.3 Å². The lowest BCUT2D eigenvalue weighted by molar-refractivity contribution is -0.130. The van der Waals surface area contributed by atoms with Crippen LogP contribution in [0.15, 0.2) is 35.4 Å². The summed E-state index contributed by atoms with van der Waals surface area (Å²) < 4.78 is 0. The van der Waals surface area contributed by atoms with E-state index in [9.17, 15) is 4.79 Å². The maximum absolute atomic E-state index is 11.3. The van der Waals surface area contributed by atoms with Crippen LogP contribution in [0.4, 0.5) is 0 Å². The van der Waals surface area contributed by atoms with Crippen LogP contribution in [0.2, 0.25) is 0 Å². The largest absolute Gasteiger partial charge is 0.273 e. The first kappa shape index (κ1) is 9.90. The van der Waals surface area contributed by atoms with Crippen molar-refractivity contribution >= 4 is 11.6 Å². The Bertz CT molecular complexity index is 397. The number of carbonyl (C=O) groups excluding carboxylic acids is 1. The van der Waals surface area contributed by atoms with Crippen LogP contribution >= 0.6 is 0 Å². The zero-order chi connectivity index (χ0) is 10.8. The van der Waals surface area contributed by atoms with Crippen LogP contribution in [-0.2, 0) is 4.79 Å². The number of nitrogens with zero attached hydrogens (tertiary/aromatic N) is 2. The third kappa shape index (κ3) is 1.91. The van der Waals surface area contributed by atoms with Gasteiger partial charge in [0.05, 0.1) is 11.8 Å². The summed E-state index contributed by atoms with van der Waals surface area (Å²) >= 11 is 0. The molecular weight excluding hydrogens is 188 g/mol. The fourth-order valence-corrected chi connectivity index (χ4v) is 1.82. The fourth-order valence-electron chi connectivity index (χ4n) is 1.82. The number of benzene rings is 1. The Kier molecular flexibility index (Phi) is 2.54. The normalized spacial score (nSPS) is 20.3. The second kappa shape index (κ2) is 3.85. The SMILES string of the molecule is CC(=O)N1N=C(c2ccccc2)C[C@@H]1C. The van der Waals surface area contributed by atoms with Crippen LogP contribution in [0.3, 0.4) is 0 Å². The van der Waals surface area contributed by atoms with Crippen molar-refractivity contribution in [3.8, 4) is 0 Å². The Hall–Kier alpha value is -1.64. The Labute approximate surface area is 89.4 Å². The third-order valence-electron chi connectivity index (χ3n) is 2.56. The van der Waals surface area contributed by atoms with Gasteiger partial charge < -0.3 is 0 Å². The molecule has 0 N–H and O–H groups in total. The number of rotatable bonds is 1. The highest BCUT2D eigenvalue weighted by atomic mass is 16.2. The van der Waals surface area contributed by atoms with Crippen LogP contribution in [0.1, 0.15) is 25.8 Å². The van der Waals surface area contributed by atoms with E-state index in [1.807, 2.05) is 37.3 Å². The highest BCUT2D eigenvalue weighted by Gasteiger charge is 2.25. The molecule has 0 spiro atoms. The van der Waals surface area contributed by atoms with Crippen LogP contribution in [0, 0.1) is 0 Å². The lowest BCUT2D eigenvalue weighted by Gasteiger charge is -2.14. The van der Waals surface area contributed by atoms with Gasteiger partial charge >= 0.3 is 0 Å². The second-order valence-electron chi connectivity index (χ2n) is 3.83. The number of amides is 1. The Morgan fingerprint density at radius 3 is 2.60 bits per heavy atom. The molecule has 1 amide bonds. The van der Waals surface area contributed by atoms with Crippen molar-refractivity contribution in [1.29, 1.82) is 0 Å². The Morgan fingerprint density at radius 2 is 2.07 bits per heavy atom. The zero-order valence-corrected chi connectivity index (χ0v) is 8.97. The van der Waals surface area contributed by atoms with Gasteiger partial charge in [0.1, 0.15) is 0 Å². The fraction of sp³-hybridized carbons (Fsp3) is 0.333. The van der Waals surface area contributed by atoms with Gasteiger partial charge in [-0.3, -0.25) is 4.79 Å². The maximum atomic E-state index is 11.3. The molecule has 0 bridgehead atoms.